The highest BCUT2D eigenvalue weighted by molar-refractivity contribution is 5.65. The maximum atomic E-state index is 14.2. The Morgan fingerprint density at radius 2 is 2.15 bits per heavy atom. The third kappa shape index (κ3) is 2.54. The third-order valence-corrected chi connectivity index (χ3v) is 5.66. The number of hydrogen-bond acceptors (Lipinski definition) is 6. The normalized spacial score (nSPS) is 21.9. The van der Waals surface area contributed by atoms with Crippen molar-refractivity contribution < 1.29 is 4.39 Å². The monoisotopic (exact) mass is 363 g/mol. The van der Waals surface area contributed by atoms with Crippen LogP contribution in [-0.2, 0) is 6.54 Å². The van der Waals surface area contributed by atoms with Gasteiger partial charge in [0.1, 0.15) is 11.6 Å². The summed E-state index contributed by atoms with van der Waals surface area (Å²) in [5.41, 5.74) is 1.78. The van der Waals surface area contributed by atoms with Crippen molar-refractivity contribution in [3.63, 3.8) is 0 Å². The topological polar surface area (TPSA) is 73.3 Å². The highest BCUT2D eigenvalue weighted by atomic mass is 19.1. The van der Waals surface area contributed by atoms with Gasteiger partial charge in [-0.2, -0.15) is 5.26 Å². The first-order valence-electron chi connectivity index (χ1n) is 8.99. The summed E-state index contributed by atoms with van der Waals surface area (Å²) in [6.45, 7) is 4.20. The van der Waals surface area contributed by atoms with E-state index in [0.29, 0.717) is 29.8 Å². The van der Waals surface area contributed by atoms with Crippen molar-refractivity contribution in [1.29, 1.82) is 5.26 Å². The predicted molar refractivity (Wildman–Crippen MR) is 96.6 cm³/mol. The molecule has 2 bridgehead atoms. The van der Waals surface area contributed by atoms with Gasteiger partial charge in [-0.3, -0.25) is 9.30 Å². The second-order valence-corrected chi connectivity index (χ2v) is 7.23. The fraction of sp³-hybridized carbons (Fsp3) is 0.368. The summed E-state index contributed by atoms with van der Waals surface area (Å²) in [5, 5.41) is 17.3. The van der Waals surface area contributed by atoms with Crippen LogP contribution in [0.3, 0.4) is 0 Å². The molecule has 2 aliphatic heterocycles. The summed E-state index contributed by atoms with van der Waals surface area (Å²) in [6, 6.07) is 7.39. The number of fused-ring (bicyclic) bond motifs is 3. The van der Waals surface area contributed by atoms with Crippen molar-refractivity contribution in [1.82, 2.24) is 24.5 Å². The van der Waals surface area contributed by atoms with Crippen LogP contribution in [0.2, 0.25) is 0 Å². The molecule has 2 fully saturated rings. The van der Waals surface area contributed by atoms with Crippen molar-refractivity contribution in [3.05, 3.63) is 53.4 Å². The minimum Gasteiger partial charge on any atom is -0.348 e. The summed E-state index contributed by atoms with van der Waals surface area (Å²) in [4.78, 5) is 9.18. The van der Waals surface area contributed by atoms with Gasteiger partial charge in [-0.25, -0.2) is 9.37 Å². The van der Waals surface area contributed by atoms with E-state index in [4.69, 9.17) is 5.26 Å². The minimum atomic E-state index is -0.306. The molecule has 2 saturated heterocycles. The fourth-order valence-electron chi connectivity index (χ4n) is 4.30. The molecule has 0 spiro atoms. The number of piperazine rings is 1. The number of rotatable bonds is 3. The van der Waals surface area contributed by atoms with Crippen LogP contribution in [0.15, 0.2) is 30.6 Å². The summed E-state index contributed by atoms with van der Waals surface area (Å²) < 4.78 is 16.2. The largest absolute Gasteiger partial charge is 0.348 e. The average Bonchev–Trinajstić information content (AvgIpc) is 3.37. The number of aryl methyl sites for hydroxylation is 1. The van der Waals surface area contributed by atoms with E-state index < -0.39 is 0 Å². The number of nitrogens with zero attached hydrogens (tertiary/aromatic N) is 7. The van der Waals surface area contributed by atoms with Crippen LogP contribution in [0.1, 0.15) is 23.4 Å². The Kier molecular flexibility index (Phi) is 3.58. The third-order valence-electron chi connectivity index (χ3n) is 5.66. The molecular weight excluding hydrogens is 345 g/mol. The maximum Gasteiger partial charge on any atom is 0.203 e. The SMILES string of the molecule is Cc1nnc2c(N3CC4CC3CN4Cc3ccc(C#N)cc3F)nccn12. The number of aromatic nitrogens is 4. The van der Waals surface area contributed by atoms with Gasteiger partial charge in [0.15, 0.2) is 5.82 Å². The van der Waals surface area contributed by atoms with Crippen LogP contribution in [0.25, 0.3) is 5.65 Å². The van der Waals surface area contributed by atoms with Gasteiger partial charge in [0.25, 0.3) is 0 Å². The smallest absolute Gasteiger partial charge is 0.203 e. The number of hydrogen-bond donors (Lipinski definition) is 0. The minimum absolute atomic E-state index is 0.306. The van der Waals surface area contributed by atoms with Crippen LogP contribution in [0, 0.1) is 24.1 Å². The molecule has 1 aromatic carbocycles. The first-order valence-corrected chi connectivity index (χ1v) is 8.99. The zero-order valence-corrected chi connectivity index (χ0v) is 14.9. The molecule has 0 saturated carbocycles. The van der Waals surface area contributed by atoms with Gasteiger partial charge in [-0.15, -0.1) is 10.2 Å². The first kappa shape index (κ1) is 16.1. The zero-order valence-electron chi connectivity index (χ0n) is 14.9. The van der Waals surface area contributed by atoms with Crippen molar-refractivity contribution in [2.45, 2.75) is 32.0 Å². The summed E-state index contributed by atoms with van der Waals surface area (Å²) in [6.07, 6.45) is 4.70. The number of nitriles is 1. The molecule has 0 aliphatic carbocycles. The Labute approximate surface area is 155 Å². The maximum absolute atomic E-state index is 14.2. The van der Waals surface area contributed by atoms with Gasteiger partial charge in [0.2, 0.25) is 5.65 Å². The Bertz CT molecular complexity index is 1070. The molecule has 136 valence electrons. The van der Waals surface area contributed by atoms with Gasteiger partial charge in [0.05, 0.1) is 11.6 Å². The Morgan fingerprint density at radius 1 is 1.26 bits per heavy atom. The lowest BCUT2D eigenvalue weighted by atomic mass is 10.1. The molecule has 3 aromatic rings. The van der Waals surface area contributed by atoms with E-state index in [0.717, 1.165) is 36.8 Å². The predicted octanol–water partition coefficient (Wildman–Crippen LogP) is 1.91. The van der Waals surface area contributed by atoms with Crippen molar-refractivity contribution in [2.75, 3.05) is 18.0 Å². The van der Waals surface area contributed by atoms with Crippen LogP contribution in [-0.4, -0.2) is 49.7 Å². The van der Waals surface area contributed by atoms with E-state index in [-0.39, 0.29) is 5.82 Å². The van der Waals surface area contributed by atoms with E-state index in [9.17, 15) is 4.39 Å². The van der Waals surface area contributed by atoms with Gasteiger partial charge < -0.3 is 4.90 Å². The van der Waals surface area contributed by atoms with Crippen molar-refractivity contribution in [2.24, 2.45) is 0 Å². The number of halogens is 1. The molecule has 0 amide bonds. The van der Waals surface area contributed by atoms with Gasteiger partial charge in [-0.05, 0) is 25.5 Å². The lowest BCUT2D eigenvalue weighted by molar-refractivity contribution is 0.227. The molecule has 0 N–H and O–H groups in total. The van der Waals surface area contributed by atoms with Gasteiger partial charge >= 0.3 is 0 Å². The second kappa shape index (κ2) is 5.99. The zero-order chi connectivity index (χ0) is 18.5. The lowest BCUT2D eigenvalue weighted by Gasteiger charge is -2.34. The molecule has 27 heavy (non-hydrogen) atoms. The molecule has 8 heteroatoms. The van der Waals surface area contributed by atoms with Crippen LogP contribution in [0.4, 0.5) is 10.2 Å². The molecule has 2 aromatic heterocycles. The van der Waals surface area contributed by atoms with Crippen molar-refractivity contribution in [3.8, 4) is 6.07 Å². The average molecular weight is 363 g/mol. The van der Waals surface area contributed by atoms with Gasteiger partial charge in [-0.1, -0.05) is 6.07 Å². The quantitative estimate of drug-likeness (QED) is 0.708. The highest BCUT2D eigenvalue weighted by Gasteiger charge is 2.44. The van der Waals surface area contributed by atoms with E-state index >= 15 is 0 Å². The number of benzene rings is 1. The number of anilines is 1. The van der Waals surface area contributed by atoms with Crippen LogP contribution in [0.5, 0.6) is 0 Å². The molecule has 2 atom stereocenters. The first-order chi connectivity index (χ1) is 13.1. The molecule has 0 radical (unpaired) electrons. The summed E-state index contributed by atoms with van der Waals surface area (Å²) in [5.74, 6) is 1.41. The van der Waals surface area contributed by atoms with E-state index in [1.165, 1.54) is 6.07 Å². The Balaban J connectivity index is 1.35. The molecule has 5 rings (SSSR count). The van der Waals surface area contributed by atoms with Crippen molar-refractivity contribution >= 4 is 11.5 Å². The fourth-order valence-corrected chi connectivity index (χ4v) is 4.30. The summed E-state index contributed by atoms with van der Waals surface area (Å²) >= 11 is 0. The molecule has 7 nitrogen and oxygen atoms in total. The molecule has 2 unspecified atom stereocenters. The summed E-state index contributed by atoms with van der Waals surface area (Å²) in [7, 11) is 0. The highest BCUT2D eigenvalue weighted by Crippen LogP contribution is 2.36. The molecule has 2 aliphatic rings. The van der Waals surface area contributed by atoms with Crippen LogP contribution >= 0.6 is 0 Å². The molecule has 4 heterocycles. The Hall–Kier alpha value is -3.05. The van der Waals surface area contributed by atoms with E-state index in [1.807, 2.05) is 23.6 Å². The standard InChI is InChI=1S/C19H18FN7/c1-12-23-24-19-18(22-4-5-26(12)19)27-11-15-7-16(27)10-25(15)9-14-3-2-13(8-21)6-17(14)20/h2-6,15-16H,7,9-11H2,1H3. The van der Waals surface area contributed by atoms with E-state index in [1.54, 1.807) is 18.3 Å². The van der Waals surface area contributed by atoms with Crippen LogP contribution < -0.4 is 4.90 Å². The second-order valence-electron chi connectivity index (χ2n) is 7.23. The Morgan fingerprint density at radius 3 is 2.89 bits per heavy atom. The van der Waals surface area contributed by atoms with E-state index in [2.05, 4.69) is 25.0 Å². The number of likely N-dealkylation sites (tertiary alicyclic amines) is 1. The van der Waals surface area contributed by atoms with Gasteiger partial charge in [0, 0.05) is 49.7 Å². The lowest BCUT2D eigenvalue weighted by Crippen LogP contribution is -2.46. The molecular formula is C19H18FN7.